The molecule has 0 saturated carbocycles. The first kappa shape index (κ1) is 20.6. The van der Waals surface area contributed by atoms with Crippen molar-refractivity contribution in [2.45, 2.75) is 20.3 Å². The van der Waals surface area contributed by atoms with Crippen LogP contribution in [-0.4, -0.2) is 70.2 Å². The fourth-order valence-corrected chi connectivity index (χ4v) is 5.27. The van der Waals surface area contributed by atoms with Gasteiger partial charge in [0.2, 0.25) is 5.91 Å². The molecule has 2 aliphatic rings. The third kappa shape index (κ3) is 3.42. The number of fused-ring (bicyclic) bond motifs is 2. The SMILES string of the molecule is CCc1cc2c(N3CCN(C(=O)CN4C(=O)c5ccccc5C4=O)CC3)nc(C)nc2s1. The van der Waals surface area contributed by atoms with E-state index in [4.69, 9.17) is 0 Å². The van der Waals surface area contributed by atoms with Crippen LogP contribution < -0.4 is 4.90 Å². The first-order valence-electron chi connectivity index (χ1n) is 10.7. The van der Waals surface area contributed by atoms with Gasteiger partial charge in [-0.1, -0.05) is 19.1 Å². The molecule has 3 amide bonds. The lowest BCUT2D eigenvalue weighted by Gasteiger charge is -2.36. The normalized spacial score (nSPS) is 16.2. The van der Waals surface area contributed by atoms with Gasteiger partial charge in [0.15, 0.2) is 0 Å². The van der Waals surface area contributed by atoms with E-state index in [9.17, 15) is 14.4 Å². The third-order valence-corrected chi connectivity index (χ3v) is 7.16. The first-order valence-corrected chi connectivity index (χ1v) is 11.5. The van der Waals surface area contributed by atoms with Crippen molar-refractivity contribution >= 4 is 45.1 Å². The number of nitrogens with zero attached hydrogens (tertiary/aromatic N) is 5. The Bertz CT molecular complexity index is 1210. The second-order valence-electron chi connectivity index (χ2n) is 7.99. The molecule has 0 bridgehead atoms. The molecule has 164 valence electrons. The Labute approximate surface area is 189 Å². The van der Waals surface area contributed by atoms with E-state index in [0.717, 1.165) is 33.2 Å². The zero-order valence-corrected chi connectivity index (χ0v) is 18.8. The summed E-state index contributed by atoms with van der Waals surface area (Å²) in [5.74, 6) is 0.630. The highest BCUT2D eigenvalue weighted by Crippen LogP contribution is 2.32. The fourth-order valence-electron chi connectivity index (χ4n) is 4.26. The zero-order valence-electron chi connectivity index (χ0n) is 18.0. The molecule has 4 heterocycles. The van der Waals surface area contributed by atoms with Gasteiger partial charge >= 0.3 is 0 Å². The Morgan fingerprint density at radius 2 is 1.69 bits per heavy atom. The minimum Gasteiger partial charge on any atom is -0.352 e. The number of benzene rings is 1. The Morgan fingerprint density at radius 1 is 1.03 bits per heavy atom. The van der Waals surface area contributed by atoms with Crippen LogP contribution in [0.4, 0.5) is 5.82 Å². The number of carbonyl (C=O) groups excluding carboxylic acids is 3. The van der Waals surface area contributed by atoms with Gasteiger partial charge in [-0.3, -0.25) is 19.3 Å². The molecule has 0 aliphatic carbocycles. The number of rotatable bonds is 4. The number of hydrogen-bond acceptors (Lipinski definition) is 7. The molecule has 2 aliphatic heterocycles. The molecular weight excluding hydrogens is 426 g/mol. The van der Waals surface area contributed by atoms with Crippen LogP contribution in [0.25, 0.3) is 10.2 Å². The van der Waals surface area contributed by atoms with E-state index in [1.807, 2.05) is 6.92 Å². The van der Waals surface area contributed by atoms with Gasteiger partial charge in [0.05, 0.1) is 16.5 Å². The van der Waals surface area contributed by atoms with Crippen LogP contribution in [0.2, 0.25) is 0 Å². The summed E-state index contributed by atoms with van der Waals surface area (Å²) in [6.07, 6.45) is 0.958. The van der Waals surface area contributed by atoms with Gasteiger partial charge in [-0.15, -0.1) is 11.3 Å². The molecule has 1 saturated heterocycles. The highest BCUT2D eigenvalue weighted by Gasteiger charge is 2.37. The fraction of sp³-hybridized carbons (Fsp3) is 0.348. The molecule has 32 heavy (non-hydrogen) atoms. The Hall–Kier alpha value is -3.33. The molecule has 2 aromatic heterocycles. The Kier molecular flexibility index (Phi) is 5.13. The van der Waals surface area contributed by atoms with Gasteiger partial charge in [-0.05, 0) is 31.5 Å². The largest absolute Gasteiger partial charge is 0.352 e. The molecule has 1 fully saturated rings. The van der Waals surface area contributed by atoms with Gasteiger partial charge in [0, 0.05) is 31.1 Å². The predicted molar refractivity (Wildman–Crippen MR) is 122 cm³/mol. The van der Waals surface area contributed by atoms with E-state index < -0.39 is 11.8 Å². The van der Waals surface area contributed by atoms with E-state index in [1.165, 1.54) is 4.88 Å². The summed E-state index contributed by atoms with van der Waals surface area (Å²) in [4.78, 5) is 54.5. The number of hydrogen-bond donors (Lipinski definition) is 0. The van der Waals surface area contributed by atoms with Crippen molar-refractivity contribution < 1.29 is 14.4 Å². The van der Waals surface area contributed by atoms with Crippen LogP contribution in [0.15, 0.2) is 30.3 Å². The predicted octanol–water partition coefficient (Wildman–Crippen LogP) is 2.51. The lowest BCUT2D eigenvalue weighted by Crippen LogP contribution is -2.52. The maximum Gasteiger partial charge on any atom is 0.262 e. The molecule has 0 unspecified atom stereocenters. The van der Waals surface area contributed by atoms with Crippen molar-refractivity contribution in [3.8, 4) is 0 Å². The molecule has 3 aromatic rings. The van der Waals surface area contributed by atoms with Crippen LogP contribution in [0.3, 0.4) is 0 Å². The van der Waals surface area contributed by atoms with Gasteiger partial charge in [0.1, 0.15) is 23.0 Å². The summed E-state index contributed by atoms with van der Waals surface area (Å²) in [5, 5.41) is 1.06. The van der Waals surface area contributed by atoms with Crippen molar-refractivity contribution in [2.75, 3.05) is 37.6 Å². The number of thiophene rings is 1. The maximum atomic E-state index is 12.9. The highest BCUT2D eigenvalue weighted by atomic mass is 32.1. The monoisotopic (exact) mass is 449 g/mol. The number of imide groups is 1. The van der Waals surface area contributed by atoms with Gasteiger partial charge in [-0.25, -0.2) is 9.97 Å². The topological polar surface area (TPSA) is 86.7 Å². The molecule has 0 spiro atoms. The van der Waals surface area contributed by atoms with E-state index in [2.05, 4.69) is 27.9 Å². The molecule has 8 nitrogen and oxygen atoms in total. The summed E-state index contributed by atoms with van der Waals surface area (Å²) in [5.41, 5.74) is 0.723. The summed E-state index contributed by atoms with van der Waals surface area (Å²) in [7, 11) is 0. The summed E-state index contributed by atoms with van der Waals surface area (Å²) in [6.45, 7) is 6.09. The van der Waals surface area contributed by atoms with Gasteiger partial charge in [-0.2, -0.15) is 0 Å². The minimum absolute atomic E-state index is 0.216. The first-order chi connectivity index (χ1) is 15.5. The van der Waals surface area contributed by atoms with Crippen molar-refractivity contribution in [1.29, 1.82) is 0 Å². The van der Waals surface area contributed by atoms with E-state index in [0.29, 0.717) is 37.3 Å². The molecular formula is C23H23N5O3S. The van der Waals surface area contributed by atoms with Crippen molar-refractivity contribution in [2.24, 2.45) is 0 Å². The van der Waals surface area contributed by atoms with E-state index >= 15 is 0 Å². The molecule has 1 aromatic carbocycles. The average Bonchev–Trinajstić information content (AvgIpc) is 3.33. The lowest BCUT2D eigenvalue weighted by molar-refractivity contribution is -0.131. The van der Waals surface area contributed by atoms with Crippen LogP contribution in [-0.2, 0) is 11.2 Å². The molecule has 5 rings (SSSR count). The number of piperazine rings is 1. The third-order valence-electron chi connectivity index (χ3n) is 5.99. The highest BCUT2D eigenvalue weighted by molar-refractivity contribution is 7.18. The standard InChI is InChI=1S/C23H23N5O3S/c1-3-15-12-18-20(24-14(2)25-21(18)32-15)27-10-8-26(9-11-27)19(29)13-28-22(30)16-6-4-5-7-17(16)23(28)31/h4-7,12H,3,8-11,13H2,1-2H3. The summed E-state index contributed by atoms with van der Waals surface area (Å²) < 4.78 is 0. The van der Waals surface area contributed by atoms with E-state index in [1.54, 1.807) is 40.5 Å². The number of amides is 3. The van der Waals surface area contributed by atoms with Gasteiger partial charge in [0.25, 0.3) is 11.8 Å². The van der Waals surface area contributed by atoms with E-state index in [-0.39, 0.29) is 12.5 Å². The lowest BCUT2D eigenvalue weighted by atomic mass is 10.1. The number of aromatic nitrogens is 2. The molecule has 9 heteroatoms. The summed E-state index contributed by atoms with van der Waals surface area (Å²) in [6, 6.07) is 8.85. The Morgan fingerprint density at radius 3 is 2.31 bits per heavy atom. The minimum atomic E-state index is -0.402. The van der Waals surface area contributed by atoms with Crippen LogP contribution in [0.5, 0.6) is 0 Å². The second kappa shape index (κ2) is 7.98. The van der Waals surface area contributed by atoms with Gasteiger partial charge < -0.3 is 9.80 Å². The average molecular weight is 450 g/mol. The van der Waals surface area contributed by atoms with Crippen molar-refractivity contribution in [3.63, 3.8) is 0 Å². The number of carbonyl (C=O) groups is 3. The van der Waals surface area contributed by atoms with Crippen molar-refractivity contribution in [1.82, 2.24) is 19.8 Å². The number of anilines is 1. The maximum absolute atomic E-state index is 12.9. The smallest absolute Gasteiger partial charge is 0.262 e. The zero-order chi connectivity index (χ0) is 22.4. The molecule has 0 radical (unpaired) electrons. The Balaban J connectivity index is 1.27. The molecule has 0 atom stereocenters. The summed E-state index contributed by atoms with van der Waals surface area (Å²) >= 11 is 1.70. The second-order valence-corrected chi connectivity index (χ2v) is 9.10. The van der Waals surface area contributed by atoms with Crippen molar-refractivity contribution in [3.05, 3.63) is 52.2 Å². The number of aryl methyl sites for hydroxylation is 2. The molecule has 0 N–H and O–H groups in total. The van der Waals surface area contributed by atoms with Crippen LogP contribution in [0, 0.1) is 6.92 Å². The van der Waals surface area contributed by atoms with Crippen LogP contribution >= 0.6 is 11.3 Å². The van der Waals surface area contributed by atoms with Crippen LogP contribution in [0.1, 0.15) is 38.3 Å². The quantitative estimate of drug-likeness (QED) is 0.569.